The number of nitriles is 1. The summed E-state index contributed by atoms with van der Waals surface area (Å²) in [6, 6.07) is 9.77. The van der Waals surface area contributed by atoms with Gasteiger partial charge in [0.2, 0.25) is 5.78 Å². The first-order valence-corrected chi connectivity index (χ1v) is 7.72. The normalized spacial score (nSPS) is 13.8. The van der Waals surface area contributed by atoms with Crippen molar-refractivity contribution in [3.63, 3.8) is 0 Å². The van der Waals surface area contributed by atoms with Crippen LogP contribution in [0.25, 0.3) is 6.08 Å². The Morgan fingerprint density at radius 2 is 2.08 bits per heavy atom. The number of ketones is 1. The maximum Gasteiger partial charge on any atom is 0.314 e. The Labute approximate surface area is 144 Å². The van der Waals surface area contributed by atoms with Crippen LogP contribution in [0.2, 0.25) is 0 Å². The number of furan rings is 1. The Kier molecular flexibility index (Phi) is 4.66. The monoisotopic (exact) mass is 337 g/mol. The zero-order valence-corrected chi connectivity index (χ0v) is 13.5. The van der Waals surface area contributed by atoms with Crippen molar-refractivity contribution >= 4 is 17.8 Å². The van der Waals surface area contributed by atoms with Crippen LogP contribution in [0.3, 0.4) is 0 Å². The quantitative estimate of drug-likeness (QED) is 0.264. The standard InChI is InChI=1S/C19H15NO5/c1-23-17-10-12(4-7-15(17)25-19(22)13-5-6-13)9-14(11-20)18(21)16-3-2-8-24-16/h2-4,7-10,13H,5-6H2,1H3/b14-9+. The summed E-state index contributed by atoms with van der Waals surface area (Å²) in [5.41, 5.74) is 0.499. The van der Waals surface area contributed by atoms with Crippen LogP contribution in [0.4, 0.5) is 0 Å². The highest BCUT2D eigenvalue weighted by Gasteiger charge is 2.32. The van der Waals surface area contributed by atoms with E-state index in [2.05, 4.69) is 0 Å². The van der Waals surface area contributed by atoms with Crippen LogP contribution in [-0.2, 0) is 4.79 Å². The van der Waals surface area contributed by atoms with Gasteiger partial charge in [-0.2, -0.15) is 5.26 Å². The largest absolute Gasteiger partial charge is 0.493 e. The Morgan fingerprint density at radius 1 is 1.28 bits per heavy atom. The number of Topliss-reactive ketones (excluding diaryl/α,β-unsaturated/α-hetero) is 1. The van der Waals surface area contributed by atoms with Gasteiger partial charge in [0.05, 0.1) is 19.3 Å². The van der Waals surface area contributed by atoms with Crippen molar-refractivity contribution in [2.45, 2.75) is 12.8 Å². The number of esters is 1. The van der Waals surface area contributed by atoms with Crippen LogP contribution >= 0.6 is 0 Å². The summed E-state index contributed by atoms with van der Waals surface area (Å²) >= 11 is 0. The third-order valence-electron chi connectivity index (χ3n) is 3.73. The lowest BCUT2D eigenvalue weighted by atomic mass is 10.1. The highest BCUT2D eigenvalue weighted by molar-refractivity contribution is 6.12. The molecule has 0 unspecified atom stereocenters. The van der Waals surface area contributed by atoms with Crippen molar-refractivity contribution in [3.8, 4) is 17.6 Å². The van der Waals surface area contributed by atoms with Gasteiger partial charge in [-0.1, -0.05) is 6.07 Å². The summed E-state index contributed by atoms with van der Waals surface area (Å²) in [6.45, 7) is 0. The van der Waals surface area contributed by atoms with Gasteiger partial charge in [-0.05, 0) is 48.7 Å². The lowest BCUT2D eigenvalue weighted by Crippen LogP contribution is -2.10. The highest BCUT2D eigenvalue weighted by Crippen LogP contribution is 2.34. The minimum atomic E-state index is -0.504. The minimum Gasteiger partial charge on any atom is -0.493 e. The van der Waals surface area contributed by atoms with Gasteiger partial charge in [-0.3, -0.25) is 9.59 Å². The fraction of sp³-hybridized carbons (Fsp3) is 0.211. The minimum absolute atomic E-state index is 0.0274. The van der Waals surface area contributed by atoms with Crippen LogP contribution in [0.15, 0.2) is 46.6 Å². The molecule has 0 amide bonds. The average Bonchev–Trinajstić information content (AvgIpc) is 3.34. The Morgan fingerprint density at radius 3 is 2.68 bits per heavy atom. The second-order valence-electron chi connectivity index (χ2n) is 5.58. The maximum absolute atomic E-state index is 12.2. The molecule has 0 radical (unpaired) electrons. The number of rotatable bonds is 6. The van der Waals surface area contributed by atoms with E-state index < -0.39 is 5.78 Å². The predicted molar refractivity (Wildman–Crippen MR) is 88.0 cm³/mol. The SMILES string of the molecule is COc1cc(/C=C(\C#N)C(=O)c2ccco2)ccc1OC(=O)C1CC1. The Bertz CT molecular complexity index is 870. The number of nitrogens with zero attached hydrogens (tertiary/aromatic N) is 1. The highest BCUT2D eigenvalue weighted by atomic mass is 16.6. The molecule has 1 fully saturated rings. The van der Waals surface area contributed by atoms with E-state index in [1.165, 1.54) is 25.5 Å². The summed E-state index contributed by atoms with van der Waals surface area (Å²) < 4.78 is 15.6. The van der Waals surface area contributed by atoms with Crippen LogP contribution in [0.5, 0.6) is 11.5 Å². The molecule has 1 heterocycles. The molecule has 0 aliphatic heterocycles. The molecule has 0 saturated heterocycles. The van der Waals surface area contributed by atoms with Crippen LogP contribution < -0.4 is 9.47 Å². The molecule has 126 valence electrons. The van der Waals surface area contributed by atoms with E-state index in [9.17, 15) is 14.9 Å². The Hall–Kier alpha value is -3.33. The van der Waals surface area contributed by atoms with Gasteiger partial charge in [0.15, 0.2) is 17.3 Å². The topological polar surface area (TPSA) is 89.5 Å². The van der Waals surface area contributed by atoms with Crippen molar-refractivity contribution in [2.75, 3.05) is 7.11 Å². The van der Waals surface area contributed by atoms with E-state index in [-0.39, 0.29) is 23.2 Å². The van der Waals surface area contributed by atoms with Crippen molar-refractivity contribution in [1.29, 1.82) is 5.26 Å². The molecule has 0 atom stereocenters. The predicted octanol–water partition coefficient (Wildman–Crippen LogP) is 3.39. The molecule has 1 aliphatic rings. The summed E-state index contributed by atoms with van der Waals surface area (Å²) in [5, 5.41) is 9.24. The van der Waals surface area contributed by atoms with Crippen molar-refractivity contribution in [2.24, 2.45) is 5.92 Å². The van der Waals surface area contributed by atoms with Gasteiger partial charge in [0, 0.05) is 0 Å². The zero-order chi connectivity index (χ0) is 17.8. The molecule has 0 bridgehead atoms. The van der Waals surface area contributed by atoms with Gasteiger partial charge < -0.3 is 13.9 Å². The summed E-state index contributed by atoms with van der Waals surface area (Å²) in [6.07, 6.45) is 4.50. The summed E-state index contributed by atoms with van der Waals surface area (Å²) in [7, 11) is 1.45. The van der Waals surface area contributed by atoms with Gasteiger partial charge in [-0.15, -0.1) is 0 Å². The van der Waals surface area contributed by atoms with E-state index in [0.29, 0.717) is 17.1 Å². The number of allylic oxidation sites excluding steroid dienone is 1. The van der Waals surface area contributed by atoms with Crippen molar-refractivity contribution in [1.82, 2.24) is 0 Å². The average molecular weight is 337 g/mol. The van der Waals surface area contributed by atoms with E-state index in [4.69, 9.17) is 13.9 Å². The molecule has 1 aliphatic carbocycles. The number of methoxy groups -OCH3 is 1. The molecule has 6 heteroatoms. The number of carbonyl (C=O) groups is 2. The van der Waals surface area contributed by atoms with E-state index in [1.807, 2.05) is 6.07 Å². The second kappa shape index (κ2) is 7.05. The van der Waals surface area contributed by atoms with E-state index >= 15 is 0 Å². The van der Waals surface area contributed by atoms with E-state index in [1.54, 1.807) is 24.3 Å². The molecule has 25 heavy (non-hydrogen) atoms. The number of carbonyl (C=O) groups excluding carboxylic acids is 2. The number of hydrogen-bond acceptors (Lipinski definition) is 6. The molecule has 2 aromatic rings. The first-order valence-electron chi connectivity index (χ1n) is 7.72. The molecule has 1 saturated carbocycles. The van der Waals surface area contributed by atoms with Crippen LogP contribution in [0, 0.1) is 17.2 Å². The molecule has 0 spiro atoms. The third-order valence-corrected chi connectivity index (χ3v) is 3.73. The molecule has 0 N–H and O–H groups in total. The van der Waals surface area contributed by atoms with Gasteiger partial charge in [0.25, 0.3) is 0 Å². The first-order chi connectivity index (χ1) is 12.1. The summed E-state index contributed by atoms with van der Waals surface area (Å²) in [5.74, 6) is -0.0453. The molecule has 6 nitrogen and oxygen atoms in total. The first kappa shape index (κ1) is 16.5. The van der Waals surface area contributed by atoms with Crippen LogP contribution in [-0.4, -0.2) is 18.9 Å². The number of benzene rings is 1. The summed E-state index contributed by atoms with van der Waals surface area (Å²) in [4.78, 5) is 24.0. The lowest BCUT2D eigenvalue weighted by Gasteiger charge is -2.09. The molecule has 3 rings (SSSR count). The lowest BCUT2D eigenvalue weighted by molar-refractivity contribution is -0.135. The van der Waals surface area contributed by atoms with E-state index in [0.717, 1.165) is 12.8 Å². The molecular weight excluding hydrogens is 322 g/mol. The molecular formula is C19H15NO5. The number of hydrogen-bond donors (Lipinski definition) is 0. The molecule has 1 aromatic carbocycles. The zero-order valence-electron chi connectivity index (χ0n) is 13.5. The third kappa shape index (κ3) is 3.78. The van der Waals surface area contributed by atoms with Crippen molar-refractivity contribution < 1.29 is 23.5 Å². The fourth-order valence-electron chi connectivity index (χ4n) is 2.22. The maximum atomic E-state index is 12.2. The second-order valence-corrected chi connectivity index (χ2v) is 5.58. The van der Waals surface area contributed by atoms with Gasteiger partial charge in [-0.25, -0.2) is 0 Å². The smallest absolute Gasteiger partial charge is 0.314 e. The van der Waals surface area contributed by atoms with Gasteiger partial charge in [0.1, 0.15) is 11.6 Å². The molecule has 1 aromatic heterocycles. The number of ether oxygens (including phenoxy) is 2. The fourth-order valence-corrected chi connectivity index (χ4v) is 2.22. The van der Waals surface area contributed by atoms with Crippen molar-refractivity contribution in [3.05, 3.63) is 53.5 Å². The van der Waals surface area contributed by atoms with Crippen LogP contribution in [0.1, 0.15) is 29.0 Å². The Balaban J connectivity index is 1.85. The van der Waals surface area contributed by atoms with Gasteiger partial charge >= 0.3 is 5.97 Å².